The van der Waals surface area contributed by atoms with E-state index in [9.17, 15) is 9.90 Å². The lowest BCUT2D eigenvalue weighted by Crippen LogP contribution is -2.44. The Morgan fingerprint density at radius 1 is 1.09 bits per heavy atom. The lowest BCUT2D eigenvalue weighted by Gasteiger charge is -2.27. The smallest absolute Gasteiger partial charge is 0.220 e. The first-order valence-corrected chi connectivity index (χ1v) is 12.8. The van der Waals surface area contributed by atoms with E-state index in [-0.39, 0.29) is 18.4 Å². The first-order valence-electron chi connectivity index (χ1n) is 12.8. The van der Waals surface area contributed by atoms with Gasteiger partial charge in [-0.15, -0.1) is 0 Å². The number of carbonyl (C=O) groups excluding carboxylic acids is 1. The van der Waals surface area contributed by atoms with Gasteiger partial charge in [-0.1, -0.05) is 46.1 Å². The van der Waals surface area contributed by atoms with Gasteiger partial charge in [-0.05, 0) is 48.8 Å². The molecule has 0 saturated heterocycles. The summed E-state index contributed by atoms with van der Waals surface area (Å²) in [6.45, 7) is 7.90. The van der Waals surface area contributed by atoms with E-state index in [2.05, 4.69) is 32.2 Å². The number of hydrogen-bond donors (Lipinski definition) is 3. The third-order valence-corrected chi connectivity index (χ3v) is 6.25. The van der Waals surface area contributed by atoms with Gasteiger partial charge in [0, 0.05) is 39.1 Å². The highest BCUT2D eigenvalue weighted by Gasteiger charge is 2.23. The van der Waals surface area contributed by atoms with Crippen molar-refractivity contribution in [1.82, 2.24) is 5.32 Å². The molecule has 0 bridgehead atoms. The molecule has 0 aliphatic rings. The van der Waals surface area contributed by atoms with Gasteiger partial charge in [0.15, 0.2) is 11.5 Å². The number of aliphatic hydroxyl groups is 1. The van der Waals surface area contributed by atoms with Gasteiger partial charge >= 0.3 is 0 Å². The number of hydrogen-bond acceptors (Lipinski definition) is 6. The maximum atomic E-state index is 12.0. The zero-order chi connectivity index (χ0) is 25.3. The van der Waals surface area contributed by atoms with Crippen molar-refractivity contribution in [3.63, 3.8) is 0 Å². The van der Waals surface area contributed by atoms with Crippen LogP contribution in [0.4, 0.5) is 0 Å². The lowest BCUT2D eigenvalue weighted by molar-refractivity contribution is -0.121. The number of benzene rings is 1. The minimum absolute atomic E-state index is 0.0148. The maximum Gasteiger partial charge on any atom is 0.220 e. The summed E-state index contributed by atoms with van der Waals surface area (Å²) in [7, 11) is 3.32. The maximum absolute atomic E-state index is 12.0. The normalized spacial score (nSPS) is 14.0. The molecule has 0 aliphatic carbocycles. The van der Waals surface area contributed by atoms with Crippen molar-refractivity contribution in [1.29, 1.82) is 0 Å². The average Bonchev–Trinajstić information content (AvgIpc) is 2.82. The predicted octanol–water partition coefficient (Wildman–Crippen LogP) is 4.09. The van der Waals surface area contributed by atoms with Crippen molar-refractivity contribution >= 4 is 5.91 Å². The second-order valence-corrected chi connectivity index (χ2v) is 9.47. The number of amides is 1. The number of rotatable bonds is 19. The van der Waals surface area contributed by atoms with Gasteiger partial charge in [-0.2, -0.15) is 0 Å². The molecule has 0 radical (unpaired) electrons. The molecule has 1 rings (SSSR count). The van der Waals surface area contributed by atoms with Gasteiger partial charge in [-0.25, -0.2) is 0 Å². The standard InChI is InChI=1S/C27H48N2O5/c1-6-7-8-9-11-27(31)29-19-24(30)23(28)18-22(20(2)3)16-21-12-13-25(33-5)26(17-21)34-15-10-14-32-4/h12-13,17,20,22-24,30H,6-11,14-16,18-19,28H2,1-5H3,(H,29,31)/t22-,23-,24-/m0/s1. The van der Waals surface area contributed by atoms with E-state index in [4.69, 9.17) is 19.9 Å². The minimum atomic E-state index is -0.767. The molecule has 7 heteroatoms. The molecular formula is C27H48N2O5. The van der Waals surface area contributed by atoms with E-state index in [0.29, 0.717) is 37.7 Å². The van der Waals surface area contributed by atoms with Crippen LogP contribution in [-0.4, -0.2) is 57.1 Å². The zero-order valence-electron chi connectivity index (χ0n) is 22.0. The zero-order valence-corrected chi connectivity index (χ0v) is 22.0. The summed E-state index contributed by atoms with van der Waals surface area (Å²) in [5, 5.41) is 13.4. The molecule has 1 amide bonds. The van der Waals surface area contributed by atoms with Gasteiger partial charge in [-0.3, -0.25) is 4.79 Å². The highest BCUT2D eigenvalue weighted by Crippen LogP contribution is 2.31. The average molecular weight is 481 g/mol. The van der Waals surface area contributed by atoms with Crippen molar-refractivity contribution < 1.29 is 24.1 Å². The predicted molar refractivity (Wildman–Crippen MR) is 137 cm³/mol. The van der Waals surface area contributed by atoms with Crippen LogP contribution < -0.4 is 20.5 Å². The van der Waals surface area contributed by atoms with Gasteiger partial charge in [0.05, 0.1) is 19.8 Å². The molecule has 0 saturated carbocycles. The summed E-state index contributed by atoms with van der Waals surface area (Å²) in [5.41, 5.74) is 7.49. The second-order valence-electron chi connectivity index (χ2n) is 9.47. The fourth-order valence-electron chi connectivity index (χ4n) is 3.92. The van der Waals surface area contributed by atoms with E-state index in [0.717, 1.165) is 49.8 Å². The molecular weight excluding hydrogens is 432 g/mol. The van der Waals surface area contributed by atoms with Gasteiger partial charge in [0.25, 0.3) is 0 Å². The Kier molecular flexibility index (Phi) is 15.6. The van der Waals surface area contributed by atoms with Crippen LogP contribution in [0.5, 0.6) is 11.5 Å². The monoisotopic (exact) mass is 480 g/mol. The number of ether oxygens (including phenoxy) is 3. The Balaban J connectivity index is 2.63. The van der Waals surface area contributed by atoms with E-state index < -0.39 is 12.1 Å². The van der Waals surface area contributed by atoms with E-state index >= 15 is 0 Å². The van der Waals surface area contributed by atoms with Gasteiger partial charge < -0.3 is 30.4 Å². The van der Waals surface area contributed by atoms with Crippen molar-refractivity contribution in [3.05, 3.63) is 23.8 Å². The van der Waals surface area contributed by atoms with Crippen LogP contribution in [0.25, 0.3) is 0 Å². The quantitative estimate of drug-likeness (QED) is 0.258. The van der Waals surface area contributed by atoms with Crippen molar-refractivity contribution in [2.24, 2.45) is 17.6 Å². The van der Waals surface area contributed by atoms with E-state index in [1.54, 1.807) is 14.2 Å². The Hall–Kier alpha value is -1.83. The number of carbonyl (C=O) groups is 1. The van der Waals surface area contributed by atoms with Crippen LogP contribution in [0.1, 0.15) is 71.3 Å². The van der Waals surface area contributed by atoms with Gasteiger partial charge in [0.2, 0.25) is 5.91 Å². The second kappa shape index (κ2) is 17.6. The molecule has 1 aromatic rings. The number of nitrogens with two attached hydrogens (primary N) is 1. The molecule has 0 heterocycles. The molecule has 4 N–H and O–H groups in total. The molecule has 34 heavy (non-hydrogen) atoms. The lowest BCUT2D eigenvalue weighted by atomic mass is 9.83. The fraction of sp³-hybridized carbons (Fsp3) is 0.741. The third-order valence-electron chi connectivity index (χ3n) is 6.25. The Bertz CT molecular complexity index is 683. The van der Waals surface area contributed by atoms with Crippen LogP contribution in [0.15, 0.2) is 18.2 Å². The van der Waals surface area contributed by atoms with Gasteiger partial charge in [0.1, 0.15) is 0 Å². The van der Waals surface area contributed by atoms with Crippen LogP contribution in [0, 0.1) is 11.8 Å². The molecule has 0 fully saturated rings. The van der Waals surface area contributed by atoms with Crippen molar-refractivity contribution in [2.75, 3.05) is 34.0 Å². The number of nitrogens with one attached hydrogen (secondary N) is 1. The Morgan fingerprint density at radius 3 is 2.50 bits per heavy atom. The first kappa shape index (κ1) is 30.2. The van der Waals surface area contributed by atoms with E-state index in [1.807, 2.05) is 12.1 Å². The molecule has 0 aliphatic heterocycles. The Morgan fingerprint density at radius 2 is 1.85 bits per heavy atom. The third kappa shape index (κ3) is 12.0. The number of methoxy groups -OCH3 is 2. The number of unbranched alkanes of at least 4 members (excludes halogenated alkanes) is 3. The first-order chi connectivity index (χ1) is 16.3. The Labute approximate surface area is 206 Å². The molecule has 3 atom stereocenters. The highest BCUT2D eigenvalue weighted by atomic mass is 16.5. The number of aliphatic hydroxyl groups excluding tert-OH is 1. The summed E-state index contributed by atoms with van der Waals surface area (Å²) >= 11 is 0. The molecule has 0 spiro atoms. The van der Waals surface area contributed by atoms with E-state index in [1.165, 1.54) is 0 Å². The van der Waals surface area contributed by atoms with Crippen LogP contribution in [0.3, 0.4) is 0 Å². The van der Waals surface area contributed by atoms with Crippen molar-refractivity contribution in [3.8, 4) is 11.5 Å². The van der Waals surface area contributed by atoms with Crippen LogP contribution in [-0.2, 0) is 16.0 Å². The summed E-state index contributed by atoms with van der Waals surface area (Å²) in [5.74, 6) is 2.09. The van der Waals surface area contributed by atoms with Crippen LogP contribution >= 0.6 is 0 Å². The molecule has 196 valence electrons. The topological polar surface area (TPSA) is 103 Å². The fourth-order valence-corrected chi connectivity index (χ4v) is 3.92. The highest BCUT2D eigenvalue weighted by molar-refractivity contribution is 5.75. The SMILES string of the molecule is CCCCCCC(=O)NC[C@H](O)[C@@H](N)C[C@H](Cc1ccc(OC)c(OCCCOC)c1)C(C)C. The molecule has 0 unspecified atom stereocenters. The van der Waals surface area contributed by atoms with Crippen LogP contribution in [0.2, 0.25) is 0 Å². The summed E-state index contributed by atoms with van der Waals surface area (Å²) < 4.78 is 16.4. The minimum Gasteiger partial charge on any atom is -0.493 e. The molecule has 1 aromatic carbocycles. The summed E-state index contributed by atoms with van der Waals surface area (Å²) in [6, 6.07) is 5.61. The molecule has 7 nitrogen and oxygen atoms in total. The molecule has 0 aromatic heterocycles. The van der Waals surface area contributed by atoms with Crippen molar-refractivity contribution in [2.45, 2.75) is 84.3 Å². The largest absolute Gasteiger partial charge is 0.493 e. The summed E-state index contributed by atoms with van der Waals surface area (Å²) in [4.78, 5) is 12.0. The summed E-state index contributed by atoms with van der Waals surface area (Å²) in [6.07, 6.45) is 6.27.